The molecular weight excluding hydrogens is 353 g/mol. The number of aromatic nitrogens is 4. The number of hydrogen-bond acceptors (Lipinski definition) is 4. The van der Waals surface area contributed by atoms with Gasteiger partial charge in [-0.25, -0.2) is 9.18 Å². The van der Waals surface area contributed by atoms with Crippen molar-refractivity contribution >= 4 is 17.6 Å². The van der Waals surface area contributed by atoms with Crippen LogP contribution in [0.3, 0.4) is 0 Å². The van der Waals surface area contributed by atoms with Crippen LogP contribution in [0.15, 0.2) is 36.5 Å². The van der Waals surface area contributed by atoms with E-state index in [1.165, 1.54) is 29.1 Å². The zero-order valence-corrected chi connectivity index (χ0v) is 14.8. The van der Waals surface area contributed by atoms with Crippen molar-refractivity contribution in [3.05, 3.63) is 65.0 Å². The number of rotatable bonds is 6. The van der Waals surface area contributed by atoms with Gasteiger partial charge in [-0.15, -0.1) is 0 Å². The SMILES string of the molecule is Cc1nn(Cc2cccc(F)c2)c(C)c1NC(=O)Cn1ccc(C(=O)O)n1. The van der Waals surface area contributed by atoms with Crippen LogP contribution in [0.1, 0.15) is 27.4 Å². The van der Waals surface area contributed by atoms with Gasteiger partial charge in [0.2, 0.25) is 5.91 Å². The summed E-state index contributed by atoms with van der Waals surface area (Å²) in [6, 6.07) is 7.57. The van der Waals surface area contributed by atoms with E-state index in [0.29, 0.717) is 17.9 Å². The zero-order valence-electron chi connectivity index (χ0n) is 14.8. The molecule has 3 rings (SSSR count). The van der Waals surface area contributed by atoms with Gasteiger partial charge in [0.15, 0.2) is 5.69 Å². The number of hydrogen-bond donors (Lipinski definition) is 2. The second-order valence-corrected chi connectivity index (χ2v) is 6.09. The van der Waals surface area contributed by atoms with E-state index in [0.717, 1.165) is 11.3 Å². The summed E-state index contributed by atoms with van der Waals surface area (Å²) in [6.45, 7) is 3.83. The first kappa shape index (κ1) is 18.3. The van der Waals surface area contributed by atoms with Crippen molar-refractivity contribution in [2.75, 3.05) is 5.32 Å². The molecule has 9 heteroatoms. The molecule has 0 aliphatic carbocycles. The van der Waals surface area contributed by atoms with Crippen molar-refractivity contribution in [3.8, 4) is 0 Å². The molecule has 2 N–H and O–H groups in total. The first-order valence-corrected chi connectivity index (χ1v) is 8.18. The molecule has 1 aromatic carbocycles. The largest absolute Gasteiger partial charge is 0.476 e. The summed E-state index contributed by atoms with van der Waals surface area (Å²) in [4.78, 5) is 23.1. The minimum atomic E-state index is -1.15. The van der Waals surface area contributed by atoms with Crippen LogP contribution in [0.2, 0.25) is 0 Å². The van der Waals surface area contributed by atoms with Gasteiger partial charge in [-0.2, -0.15) is 10.2 Å². The molecule has 140 valence electrons. The van der Waals surface area contributed by atoms with Gasteiger partial charge in [0.1, 0.15) is 12.4 Å². The number of carbonyl (C=O) groups excluding carboxylic acids is 1. The third-order valence-corrected chi connectivity index (χ3v) is 4.03. The lowest BCUT2D eigenvalue weighted by Crippen LogP contribution is -2.20. The molecule has 27 heavy (non-hydrogen) atoms. The van der Waals surface area contributed by atoms with Crippen molar-refractivity contribution in [1.82, 2.24) is 19.6 Å². The normalized spacial score (nSPS) is 10.8. The number of anilines is 1. The maximum absolute atomic E-state index is 13.4. The fourth-order valence-electron chi connectivity index (χ4n) is 2.73. The van der Waals surface area contributed by atoms with Crippen LogP contribution >= 0.6 is 0 Å². The molecular formula is C18H18FN5O3. The highest BCUT2D eigenvalue weighted by Gasteiger charge is 2.16. The number of benzene rings is 1. The molecule has 2 aromatic heterocycles. The van der Waals surface area contributed by atoms with E-state index in [-0.39, 0.29) is 24.0 Å². The Hall–Kier alpha value is -3.49. The van der Waals surface area contributed by atoms with Gasteiger partial charge in [0.25, 0.3) is 0 Å². The third kappa shape index (κ3) is 4.20. The number of carbonyl (C=O) groups is 2. The predicted octanol–water partition coefficient (Wildman–Crippen LogP) is 2.22. The van der Waals surface area contributed by atoms with Crippen molar-refractivity contribution in [3.63, 3.8) is 0 Å². The first-order chi connectivity index (χ1) is 12.8. The minimum absolute atomic E-state index is 0.124. The molecule has 8 nitrogen and oxygen atoms in total. The number of amides is 1. The number of carboxylic acids is 1. The zero-order chi connectivity index (χ0) is 19.6. The van der Waals surface area contributed by atoms with Gasteiger partial charge in [0, 0.05) is 6.20 Å². The molecule has 0 radical (unpaired) electrons. The van der Waals surface area contributed by atoms with Crippen LogP contribution in [-0.2, 0) is 17.9 Å². The lowest BCUT2D eigenvalue weighted by Gasteiger charge is -2.08. The topological polar surface area (TPSA) is 102 Å². The van der Waals surface area contributed by atoms with E-state index >= 15 is 0 Å². The Labute approximate surface area is 154 Å². The van der Waals surface area contributed by atoms with Crippen molar-refractivity contribution in [2.24, 2.45) is 0 Å². The third-order valence-electron chi connectivity index (χ3n) is 4.03. The Morgan fingerprint density at radius 2 is 2.00 bits per heavy atom. The standard InChI is InChI=1S/C18H18FN5O3/c1-11-17(20-16(25)10-23-7-6-15(22-23)18(26)27)12(2)24(21-11)9-13-4-3-5-14(19)8-13/h3-8H,9-10H2,1-2H3,(H,20,25)(H,26,27). The van der Waals surface area contributed by atoms with E-state index in [9.17, 15) is 14.0 Å². The maximum Gasteiger partial charge on any atom is 0.356 e. The average Bonchev–Trinajstić information content (AvgIpc) is 3.16. The fourth-order valence-corrected chi connectivity index (χ4v) is 2.73. The Kier molecular flexibility index (Phi) is 5.02. The number of aromatic carboxylic acids is 1. The molecule has 0 saturated heterocycles. The summed E-state index contributed by atoms with van der Waals surface area (Å²) in [5.74, 6) is -1.83. The van der Waals surface area contributed by atoms with Crippen LogP contribution in [0.4, 0.5) is 10.1 Å². The van der Waals surface area contributed by atoms with Crippen LogP contribution in [0, 0.1) is 19.7 Å². The lowest BCUT2D eigenvalue weighted by atomic mass is 10.2. The smallest absolute Gasteiger partial charge is 0.356 e. The quantitative estimate of drug-likeness (QED) is 0.692. The van der Waals surface area contributed by atoms with Gasteiger partial charge >= 0.3 is 5.97 Å². The molecule has 3 aromatic rings. The molecule has 0 saturated carbocycles. The van der Waals surface area contributed by atoms with Gasteiger partial charge in [0.05, 0.1) is 23.6 Å². The second kappa shape index (κ2) is 7.40. The summed E-state index contributed by atoms with van der Waals surface area (Å²) in [7, 11) is 0. The lowest BCUT2D eigenvalue weighted by molar-refractivity contribution is -0.116. The van der Waals surface area contributed by atoms with E-state index in [4.69, 9.17) is 5.11 Å². The minimum Gasteiger partial charge on any atom is -0.476 e. The van der Waals surface area contributed by atoms with Crippen molar-refractivity contribution in [2.45, 2.75) is 26.9 Å². The van der Waals surface area contributed by atoms with Crippen LogP contribution < -0.4 is 5.32 Å². The van der Waals surface area contributed by atoms with E-state index in [1.807, 2.05) is 6.92 Å². The van der Waals surface area contributed by atoms with Gasteiger partial charge in [-0.1, -0.05) is 12.1 Å². The maximum atomic E-state index is 13.4. The van der Waals surface area contributed by atoms with Gasteiger partial charge in [-0.3, -0.25) is 14.2 Å². The molecule has 1 amide bonds. The molecule has 0 fully saturated rings. The Morgan fingerprint density at radius 1 is 1.22 bits per heavy atom. The highest BCUT2D eigenvalue weighted by atomic mass is 19.1. The summed E-state index contributed by atoms with van der Waals surface area (Å²) in [5, 5.41) is 19.9. The molecule has 2 heterocycles. The molecule has 0 unspecified atom stereocenters. The van der Waals surface area contributed by atoms with Crippen molar-refractivity contribution < 1.29 is 19.1 Å². The summed E-state index contributed by atoms with van der Waals surface area (Å²) in [5.41, 5.74) is 2.57. The monoisotopic (exact) mass is 371 g/mol. The van der Waals surface area contributed by atoms with Gasteiger partial charge in [-0.05, 0) is 37.6 Å². The average molecular weight is 371 g/mol. The van der Waals surface area contributed by atoms with Crippen LogP contribution in [-0.4, -0.2) is 36.5 Å². The number of aryl methyl sites for hydroxylation is 1. The first-order valence-electron chi connectivity index (χ1n) is 8.18. The molecule has 0 bridgehead atoms. The molecule has 0 aliphatic rings. The highest BCUT2D eigenvalue weighted by Crippen LogP contribution is 2.20. The number of nitrogens with one attached hydrogen (secondary N) is 1. The predicted molar refractivity (Wildman–Crippen MR) is 95.0 cm³/mol. The van der Waals surface area contributed by atoms with E-state index in [1.54, 1.807) is 23.7 Å². The Bertz CT molecular complexity index is 1010. The molecule has 0 spiro atoms. The van der Waals surface area contributed by atoms with Crippen LogP contribution in [0.5, 0.6) is 0 Å². The fraction of sp³-hybridized carbons (Fsp3) is 0.222. The summed E-state index contributed by atoms with van der Waals surface area (Å²) < 4.78 is 16.3. The number of carboxylic acid groups (broad SMARTS) is 1. The van der Waals surface area contributed by atoms with Gasteiger partial charge < -0.3 is 10.4 Å². The summed E-state index contributed by atoms with van der Waals surface area (Å²) in [6.07, 6.45) is 1.43. The van der Waals surface area contributed by atoms with E-state index < -0.39 is 5.97 Å². The van der Waals surface area contributed by atoms with Crippen LogP contribution in [0.25, 0.3) is 0 Å². The Balaban J connectivity index is 1.72. The molecule has 0 atom stereocenters. The summed E-state index contributed by atoms with van der Waals surface area (Å²) >= 11 is 0. The van der Waals surface area contributed by atoms with Crippen molar-refractivity contribution in [1.29, 1.82) is 0 Å². The highest BCUT2D eigenvalue weighted by molar-refractivity contribution is 5.91. The molecule has 0 aliphatic heterocycles. The number of halogens is 1. The Morgan fingerprint density at radius 3 is 2.67 bits per heavy atom. The number of nitrogens with zero attached hydrogens (tertiary/aromatic N) is 4. The second-order valence-electron chi connectivity index (χ2n) is 6.09. The van der Waals surface area contributed by atoms with E-state index in [2.05, 4.69) is 15.5 Å².